The molecule has 1 saturated heterocycles. The van der Waals surface area contributed by atoms with Gasteiger partial charge in [-0.3, -0.25) is 4.79 Å². The molecule has 0 atom stereocenters. The summed E-state index contributed by atoms with van der Waals surface area (Å²) >= 11 is 3.60. The normalized spacial score (nSPS) is 13.6. The summed E-state index contributed by atoms with van der Waals surface area (Å²) in [5.74, 6) is 0.890. The van der Waals surface area contributed by atoms with Crippen LogP contribution in [0.15, 0.2) is 71.3 Å². The van der Waals surface area contributed by atoms with Gasteiger partial charge in [-0.25, -0.2) is 9.07 Å². The van der Waals surface area contributed by atoms with Crippen molar-refractivity contribution in [2.24, 2.45) is 0 Å². The first-order valence-corrected chi connectivity index (χ1v) is 13.8. The summed E-state index contributed by atoms with van der Waals surface area (Å²) in [7, 11) is 0. The Morgan fingerprint density at radius 3 is 2.61 bits per heavy atom. The Bertz CT molecular complexity index is 1730. The van der Waals surface area contributed by atoms with E-state index in [0.717, 1.165) is 52.6 Å². The van der Waals surface area contributed by atoms with Gasteiger partial charge in [0.05, 0.1) is 27.6 Å². The van der Waals surface area contributed by atoms with Crippen molar-refractivity contribution in [2.75, 3.05) is 18.8 Å². The van der Waals surface area contributed by atoms with E-state index in [0.29, 0.717) is 17.1 Å². The molecule has 0 amide bonds. The summed E-state index contributed by atoms with van der Waals surface area (Å²) in [4.78, 5) is 16.7. The number of para-hydroxylation sites is 1. The van der Waals surface area contributed by atoms with E-state index in [1.807, 2.05) is 25.1 Å². The number of halogens is 3. The number of carbonyl (C=O) groups excluding carboxylic acids is 1. The Hall–Kier alpha value is -3.86. The van der Waals surface area contributed by atoms with Crippen LogP contribution in [0.1, 0.15) is 34.5 Å². The van der Waals surface area contributed by atoms with Gasteiger partial charge in [0, 0.05) is 10.9 Å². The number of aryl methyl sites for hydroxylation is 1. The molecular formula is C30H28BrClFN5O3. The molecule has 0 aliphatic carbocycles. The number of nitrogens with zero attached hydrogens (tertiary/aromatic N) is 2. The molecule has 0 unspecified atom stereocenters. The predicted molar refractivity (Wildman–Crippen MR) is 162 cm³/mol. The SMILES string of the molecule is Cc1cc(-n2ncc(C(=O)c3cc4cc(OC5CCNCC5)c(Br)cc4[nH]3)c2N)ccc1Oc1ccccc1F.Cl. The highest BCUT2D eigenvalue weighted by atomic mass is 79.9. The maximum atomic E-state index is 14.0. The lowest BCUT2D eigenvalue weighted by molar-refractivity contribution is 0.103. The van der Waals surface area contributed by atoms with Gasteiger partial charge in [-0.1, -0.05) is 12.1 Å². The van der Waals surface area contributed by atoms with Gasteiger partial charge in [-0.2, -0.15) is 5.10 Å². The number of nitrogen functional groups attached to an aromatic ring is 1. The summed E-state index contributed by atoms with van der Waals surface area (Å²) in [6.07, 6.45) is 3.52. The van der Waals surface area contributed by atoms with E-state index in [1.54, 1.807) is 36.4 Å². The Morgan fingerprint density at radius 1 is 1.07 bits per heavy atom. The minimum atomic E-state index is -0.444. The third kappa shape index (κ3) is 5.81. The molecule has 2 aromatic heterocycles. The number of H-pyrrole nitrogens is 1. The molecular weight excluding hydrogens is 613 g/mol. The van der Waals surface area contributed by atoms with E-state index >= 15 is 0 Å². The zero-order valence-electron chi connectivity index (χ0n) is 22.1. The lowest BCUT2D eigenvalue weighted by Gasteiger charge is -2.24. The van der Waals surface area contributed by atoms with Crippen molar-refractivity contribution in [1.82, 2.24) is 20.1 Å². The van der Waals surface area contributed by atoms with Gasteiger partial charge < -0.3 is 25.5 Å². The minimum Gasteiger partial charge on any atom is -0.489 e. The Labute approximate surface area is 250 Å². The highest BCUT2D eigenvalue weighted by Gasteiger charge is 2.22. The largest absolute Gasteiger partial charge is 0.489 e. The number of piperidine rings is 1. The molecule has 1 fully saturated rings. The maximum absolute atomic E-state index is 14.0. The molecule has 0 bridgehead atoms. The molecule has 5 aromatic rings. The third-order valence-electron chi connectivity index (χ3n) is 7.01. The first-order chi connectivity index (χ1) is 19.4. The quantitative estimate of drug-likeness (QED) is 0.171. The van der Waals surface area contributed by atoms with Crippen LogP contribution in [-0.4, -0.2) is 39.7 Å². The van der Waals surface area contributed by atoms with Crippen LogP contribution < -0.4 is 20.5 Å². The van der Waals surface area contributed by atoms with Crippen molar-refractivity contribution in [1.29, 1.82) is 0 Å². The van der Waals surface area contributed by atoms with Crippen molar-refractivity contribution in [3.8, 4) is 22.9 Å². The molecule has 1 aliphatic heterocycles. The summed E-state index contributed by atoms with van der Waals surface area (Å²) in [6, 6.07) is 17.2. The molecule has 0 radical (unpaired) electrons. The van der Waals surface area contributed by atoms with Crippen LogP contribution >= 0.6 is 28.3 Å². The monoisotopic (exact) mass is 639 g/mol. The van der Waals surface area contributed by atoms with Gasteiger partial charge in [0.15, 0.2) is 11.6 Å². The van der Waals surface area contributed by atoms with Gasteiger partial charge in [0.25, 0.3) is 0 Å². The van der Waals surface area contributed by atoms with E-state index in [1.165, 1.54) is 16.9 Å². The zero-order chi connectivity index (χ0) is 27.8. The Balaban J connectivity index is 0.00000337. The number of fused-ring (bicyclic) bond motifs is 1. The molecule has 3 aromatic carbocycles. The van der Waals surface area contributed by atoms with Crippen LogP contribution in [-0.2, 0) is 0 Å². The molecule has 212 valence electrons. The molecule has 41 heavy (non-hydrogen) atoms. The van der Waals surface area contributed by atoms with Crippen LogP contribution in [0.4, 0.5) is 10.2 Å². The summed E-state index contributed by atoms with van der Waals surface area (Å²) in [5.41, 5.74) is 9.29. The minimum absolute atomic E-state index is 0. The predicted octanol–water partition coefficient (Wildman–Crippen LogP) is 6.72. The lowest BCUT2D eigenvalue weighted by Crippen LogP contribution is -2.34. The molecule has 3 heterocycles. The van der Waals surface area contributed by atoms with Gasteiger partial charge in [-0.05, 0) is 103 Å². The Morgan fingerprint density at radius 2 is 1.85 bits per heavy atom. The molecule has 0 spiro atoms. The number of aromatic amines is 1. The van der Waals surface area contributed by atoms with Crippen molar-refractivity contribution in [3.05, 3.63) is 94.0 Å². The number of ether oxygens (including phenoxy) is 2. The second-order valence-corrected chi connectivity index (χ2v) is 10.6. The number of aromatic nitrogens is 3. The van der Waals surface area contributed by atoms with Crippen molar-refractivity contribution in [3.63, 3.8) is 0 Å². The molecule has 4 N–H and O–H groups in total. The van der Waals surface area contributed by atoms with Gasteiger partial charge in [-0.15, -0.1) is 12.4 Å². The number of ketones is 1. The molecule has 8 nitrogen and oxygen atoms in total. The van der Waals surface area contributed by atoms with Crippen LogP contribution in [0.5, 0.6) is 17.2 Å². The number of nitrogens with two attached hydrogens (primary N) is 1. The highest BCUT2D eigenvalue weighted by molar-refractivity contribution is 9.10. The van der Waals surface area contributed by atoms with Crippen LogP contribution in [0, 0.1) is 12.7 Å². The number of hydrogen-bond donors (Lipinski definition) is 3. The Kier molecular flexibility index (Phi) is 8.35. The summed E-state index contributed by atoms with van der Waals surface area (Å²) in [6.45, 7) is 3.72. The number of rotatable bonds is 7. The van der Waals surface area contributed by atoms with Crippen LogP contribution in [0.2, 0.25) is 0 Å². The number of hydrogen-bond acceptors (Lipinski definition) is 6. The van der Waals surface area contributed by atoms with E-state index in [4.69, 9.17) is 15.2 Å². The van der Waals surface area contributed by atoms with Crippen LogP contribution in [0.25, 0.3) is 16.6 Å². The first-order valence-electron chi connectivity index (χ1n) is 13.0. The number of benzene rings is 3. The average molecular weight is 641 g/mol. The van der Waals surface area contributed by atoms with E-state index in [9.17, 15) is 9.18 Å². The zero-order valence-corrected chi connectivity index (χ0v) is 24.5. The fraction of sp³-hybridized carbons (Fsp3) is 0.200. The average Bonchev–Trinajstić information content (AvgIpc) is 3.54. The number of anilines is 1. The van der Waals surface area contributed by atoms with Crippen molar-refractivity contribution in [2.45, 2.75) is 25.9 Å². The fourth-order valence-electron chi connectivity index (χ4n) is 4.85. The maximum Gasteiger partial charge on any atom is 0.214 e. The second-order valence-electron chi connectivity index (χ2n) is 9.79. The van der Waals surface area contributed by atoms with Gasteiger partial charge >= 0.3 is 0 Å². The van der Waals surface area contributed by atoms with E-state index < -0.39 is 5.82 Å². The van der Waals surface area contributed by atoms with E-state index in [2.05, 4.69) is 31.3 Å². The summed E-state index contributed by atoms with van der Waals surface area (Å²) in [5, 5.41) is 8.57. The molecule has 0 saturated carbocycles. The number of carbonyl (C=O) groups is 1. The van der Waals surface area contributed by atoms with Crippen molar-refractivity contribution >= 4 is 50.8 Å². The standard InChI is InChI=1S/C30H27BrFN5O3.ClH/c1-17-12-19(6-7-26(17)40-27-5-3-2-4-23(27)32)37-30(33)21(16-35-37)29(38)25-13-18-14-28(22(31)15-24(18)36-25)39-20-8-10-34-11-9-20;/h2-7,12-16,20,34,36H,8-11,33H2,1H3;1H. The van der Waals surface area contributed by atoms with E-state index in [-0.39, 0.29) is 41.4 Å². The third-order valence-corrected chi connectivity index (χ3v) is 7.63. The smallest absolute Gasteiger partial charge is 0.214 e. The second kappa shape index (κ2) is 11.9. The first kappa shape index (κ1) is 28.7. The van der Waals surface area contributed by atoms with Crippen molar-refractivity contribution < 1.29 is 18.7 Å². The van der Waals surface area contributed by atoms with Gasteiger partial charge in [0.2, 0.25) is 5.78 Å². The highest BCUT2D eigenvalue weighted by Crippen LogP contribution is 2.34. The molecule has 6 rings (SSSR count). The molecule has 11 heteroatoms. The van der Waals surface area contributed by atoms with Crippen LogP contribution in [0.3, 0.4) is 0 Å². The molecule has 1 aliphatic rings. The van der Waals surface area contributed by atoms with Gasteiger partial charge in [0.1, 0.15) is 23.4 Å². The summed E-state index contributed by atoms with van der Waals surface area (Å²) < 4.78 is 28.3. The topological polar surface area (TPSA) is 107 Å². The fourth-order valence-corrected chi connectivity index (χ4v) is 5.29. The lowest BCUT2D eigenvalue weighted by atomic mass is 10.1. The number of nitrogens with one attached hydrogen (secondary N) is 2.